The van der Waals surface area contributed by atoms with E-state index >= 15 is 0 Å². The number of hydrogen-bond acceptors (Lipinski definition) is 6. The number of esters is 1. The molecule has 1 heterocycles. The number of thioether (sulfide) groups is 1. The first-order chi connectivity index (χ1) is 8.69. The van der Waals surface area contributed by atoms with Crippen molar-refractivity contribution in [3.8, 4) is 0 Å². The Kier molecular flexibility index (Phi) is 7.02. The van der Waals surface area contributed by atoms with Gasteiger partial charge in [0.15, 0.2) is 9.45 Å². The molecule has 0 bridgehead atoms. The molecule has 7 heteroatoms. The summed E-state index contributed by atoms with van der Waals surface area (Å²) in [6, 6.07) is 7.73. The van der Waals surface area contributed by atoms with Gasteiger partial charge in [-0.2, -0.15) is 0 Å². The zero-order valence-electron chi connectivity index (χ0n) is 9.71. The van der Waals surface area contributed by atoms with E-state index < -0.39 is 0 Å². The molecule has 0 aliphatic rings. The Morgan fingerprint density at radius 2 is 2.05 bits per heavy atom. The summed E-state index contributed by atoms with van der Waals surface area (Å²) in [6.45, 7) is 0. The zero-order chi connectivity index (χ0) is 13.0. The summed E-state index contributed by atoms with van der Waals surface area (Å²) in [5, 5.41) is -0.0699. The van der Waals surface area contributed by atoms with Gasteiger partial charge in [0.2, 0.25) is 0 Å². The van der Waals surface area contributed by atoms with Crippen molar-refractivity contribution in [3.63, 3.8) is 0 Å². The number of thiazole rings is 1. The van der Waals surface area contributed by atoms with Crippen LogP contribution in [0.25, 0.3) is 10.2 Å². The van der Waals surface area contributed by atoms with Crippen LogP contribution in [-0.2, 0) is 14.3 Å². The molecule has 1 aromatic carbocycles. The van der Waals surface area contributed by atoms with Gasteiger partial charge in [0.25, 0.3) is 0 Å². The van der Waals surface area contributed by atoms with Crippen LogP contribution in [0.5, 0.6) is 0 Å². The van der Waals surface area contributed by atoms with E-state index in [2.05, 4.69) is 9.72 Å². The SMILES string of the molecule is COC(=O)CCC(=O)Sc1nc2ccccc2s1.[NaH]. The third-order valence-corrected chi connectivity index (χ3v) is 4.27. The minimum atomic E-state index is -0.367. The van der Waals surface area contributed by atoms with E-state index in [1.807, 2.05) is 24.3 Å². The molecule has 0 fully saturated rings. The van der Waals surface area contributed by atoms with Crippen molar-refractivity contribution in [1.29, 1.82) is 0 Å². The number of ether oxygens (including phenoxy) is 1. The summed E-state index contributed by atoms with van der Waals surface area (Å²) in [5.74, 6) is -0.367. The molecule has 0 N–H and O–H groups in total. The van der Waals surface area contributed by atoms with Gasteiger partial charge in [0.05, 0.1) is 23.7 Å². The number of carbonyl (C=O) groups is 2. The fourth-order valence-electron chi connectivity index (χ4n) is 1.35. The summed E-state index contributed by atoms with van der Waals surface area (Å²) in [6.07, 6.45) is 0.292. The molecular weight excluding hydrogens is 293 g/mol. The topological polar surface area (TPSA) is 56.3 Å². The van der Waals surface area contributed by atoms with Crippen LogP contribution < -0.4 is 0 Å². The van der Waals surface area contributed by atoms with Crippen molar-refractivity contribution in [2.24, 2.45) is 0 Å². The summed E-state index contributed by atoms with van der Waals surface area (Å²) in [4.78, 5) is 26.9. The van der Waals surface area contributed by atoms with Crippen LogP contribution in [0.1, 0.15) is 12.8 Å². The monoisotopic (exact) mass is 305 g/mol. The normalized spacial score (nSPS) is 9.95. The summed E-state index contributed by atoms with van der Waals surface area (Å²) in [7, 11) is 1.31. The van der Waals surface area contributed by atoms with Gasteiger partial charge < -0.3 is 4.74 Å². The van der Waals surface area contributed by atoms with E-state index in [-0.39, 0.29) is 53.5 Å². The molecule has 0 saturated heterocycles. The van der Waals surface area contributed by atoms with Gasteiger partial charge >= 0.3 is 35.5 Å². The first-order valence-corrected chi connectivity index (χ1v) is 6.95. The van der Waals surface area contributed by atoms with Gasteiger partial charge in [0.1, 0.15) is 0 Å². The maximum absolute atomic E-state index is 11.6. The van der Waals surface area contributed by atoms with Gasteiger partial charge in [-0.05, 0) is 23.9 Å². The van der Waals surface area contributed by atoms with E-state index in [0.29, 0.717) is 4.34 Å². The molecule has 0 amide bonds. The molecule has 0 spiro atoms. The summed E-state index contributed by atoms with van der Waals surface area (Å²) in [5.41, 5.74) is 0.894. The number of aromatic nitrogens is 1. The van der Waals surface area contributed by atoms with Gasteiger partial charge in [-0.1, -0.05) is 12.1 Å². The second-order valence-corrected chi connectivity index (χ2v) is 5.83. The number of hydrogen-bond donors (Lipinski definition) is 0. The molecule has 1 aromatic heterocycles. The predicted molar refractivity (Wildman–Crippen MR) is 78.9 cm³/mol. The van der Waals surface area contributed by atoms with Gasteiger partial charge in [-0.3, -0.25) is 9.59 Å². The van der Waals surface area contributed by atoms with Crippen LogP contribution >= 0.6 is 23.1 Å². The van der Waals surface area contributed by atoms with Gasteiger partial charge in [-0.25, -0.2) is 4.98 Å². The van der Waals surface area contributed by atoms with E-state index in [4.69, 9.17) is 0 Å². The third kappa shape index (κ3) is 4.89. The van der Waals surface area contributed by atoms with Crippen LogP contribution in [-0.4, -0.2) is 52.7 Å². The number of rotatable bonds is 4. The van der Waals surface area contributed by atoms with E-state index in [1.54, 1.807) is 0 Å². The average molecular weight is 305 g/mol. The van der Waals surface area contributed by atoms with Crippen molar-refractivity contribution in [1.82, 2.24) is 4.98 Å². The molecule has 96 valence electrons. The molecule has 0 aliphatic carbocycles. The van der Waals surface area contributed by atoms with Gasteiger partial charge in [-0.15, -0.1) is 11.3 Å². The first-order valence-electron chi connectivity index (χ1n) is 5.32. The molecule has 0 atom stereocenters. The van der Waals surface area contributed by atoms with E-state index in [0.717, 1.165) is 22.0 Å². The fraction of sp³-hybridized carbons (Fsp3) is 0.250. The number of carbonyl (C=O) groups excluding carboxylic acids is 2. The average Bonchev–Trinajstić information content (AvgIpc) is 2.77. The quantitative estimate of drug-likeness (QED) is 0.492. The first kappa shape index (κ1) is 16.7. The second kappa shape index (κ2) is 8.01. The minimum absolute atomic E-state index is 0. The van der Waals surface area contributed by atoms with Crippen molar-refractivity contribution >= 4 is 74.0 Å². The Morgan fingerprint density at radius 1 is 1.32 bits per heavy atom. The molecule has 0 unspecified atom stereocenters. The van der Waals surface area contributed by atoms with E-state index in [1.165, 1.54) is 18.4 Å². The molecule has 0 radical (unpaired) electrons. The second-order valence-electron chi connectivity index (χ2n) is 3.50. The van der Waals surface area contributed by atoms with Crippen molar-refractivity contribution in [2.45, 2.75) is 17.2 Å². The molecule has 19 heavy (non-hydrogen) atoms. The number of nitrogens with zero attached hydrogens (tertiary/aromatic N) is 1. The maximum atomic E-state index is 11.6. The van der Waals surface area contributed by atoms with Crippen molar-refractivity contribution in [3.05, 3.63) is 24.3 Å². The Balaban J connectivity index is 0.00000180. The van der Waals surface area contributed by atoms with E-state index in [9.17, 15) is 9.59 Å². The summed E-state index contributed by atoms with van der Waals surface area (Å²) < 4.78 is 6.26. The fourth-order valence-corrected chi connectivity index (χ4v) is 3.30. The molecular formula is C12H12NNaO3S2. The molecule has 0 aliphatic heterocycles. The zero-order valence-corrected chi connectivity index (χ0v) is 11.3. The predicted octanol–water partition coefficient (Wildman–Crippen LogP) is 2.22. The Morgan fingerprint density at radius 3 is 2.74 bits per heavy atom. The van der Waals surface area contributed by atoms with Crippen LogP contribution in [0, 0.1) is 0 Å². The molecule has 2 aromatic rings. The van der Waals surface area contributed by atoms with Crippen LogP contribution in [0.15, 0.2) is 28.6 Å². The van der Waals surface area contributed by atoms with Crippen molar-refractivity contribution in [2.75, 3.05) is 7.11 Å². The van der Waals surface area contributed by atoms with Gasteiger partial charge in [0, 0.05) is 6.42 Å². The Labute approximate surface area is 141 Å². The number of methoxy groups -OCH3 is 1. The Hall–Kier alpha value is -0.400. The third-order valence-electron chi connectivity index (χ3n) is 2.24. The molecule has 4 nitrogen and oxygen atoms in total. The summed E-state index contributed by atoms with van der Waals surface area (Å²) >= 11 is 2.56. The number of para-hydroxylation sites is 1. The van der Waals surface area contributed by atoms with Crippen molar-refractivity contribution < 1.29 is 14.3 Å². The number of benzene rings is 1. The van der Waals surface area contributed by atoms with Crippen LogP contribution in [0.2, 0.25) is 0 Å². The standard InChI is InChI=1S/C12H11NO3S2.Na.H/c1-16-10(14)6-7-11(15)18-12-13-8-4-2-3-5-9(8)17-12;;/h2-5H,6-7H2,1H3;;. The van der Waals surface area contributed by atoms with Crippen LogP contribution in [0.4, 0.5) is 0 Å². The Bertz CT molecular complexity index is 552. The number of fused-ring (bicyclic) bond motifs is 1. The van der Waals surface area contributed by atoms with Crippen LogP contribution in [0.3, 0.4) is 0 Å². The molecule has 2 rings (SSSR count). The molecule has 0 saturated carbocycles.